The Morgan fingerprint density at radius 2 is 2.41 bits per heavy atom. The second kappa shape index (κ2) is 5.15. The summed E-state index contributed by atoms with van der Waals surface area (Å²) in [4.78, 5) is 12.0. The number of aromatic nitrogens is 1. The summed E-state index contributed by atoms with van der Waals surface area (Å²) in [6.07, 6.45) is 2.31. The molecule has 2 heterocycles. The molecule has 1 aromatic heterocycles. The maximum Gasteiger partial charge on any atom is 0.268 e. The summed E-state index contributed by atoms with van der Waals surface area (Å²) < 4.78 is 1.73. The minimum Gasteiger partial charge on any atom is -0.316 e. The molecule has 90 valence electrons. The lowest BCUT2D eigenvalue weighted by atomic mass is 9.99. The molecule has 0 amide bonds. The standard InChI is InChI=1S/C13H17N3O/c1-10-4-5-12(7-14)13(17)16(10)9-11-3-2-6-15-8-11/h4-5,11,15H,2-3,6,8-9H2,1H3. The van der Waals surface area contributed by atoms with Gasteiger partial charge in [-0.15, -0.1) is 0 Å². The van der Waals surface area contributed by atoms with Gasteiger partial charge in [-0.1, -0.05) is 0 Å². The number of rotatable bonds is 2. The third-order valence-electron chi connectivity index (χ3n) is 3.35. The highest BCUT2D eigenvalue weighted by Gasteiger charge is 2.15. The molecule has 0 spiro atoms. The molecule has 17 heavy (non-hydrogen) atoms. The van der Waals surface area contributed by atoms with Crippen LogP contribution in [0, 0.1) is 24.2 Å². The number of pyridine rings is 1. The van der Waals surface area contributed by atoms with Crippen molar-refractivity contribution < 1.29 is 0 Å². The Balaban J connectivity index is 2.25. The maximum atomic E-state index is 12.0. The second-order valence-electron chi connectivity index (χ2n) is 4.63. The van der Waals surface area contributed by atoms with E-state index in [1.165, 1.54) is 0 Å². The fourth-order valence-corrected chi connectivity index (χ4v) is 2.32. The van der Waals surface area contributed by atoms with Crippen molar-refractivity contribution in [2.45, 2.75) is 26.3 Å². The lowest BCUT2D eigenvalue weighted by molar-refractivity contribution is 0.331. The Bertz CT molecular complexity index is 492. The van der Waals surface area contributed by atoms with Crippen LogP contribution in [0.2, 0.25) is 0 Å². The van der Waals surface area contributed by atoms with Crippen LogP contribution >= 0.6 is 0 Å². The average molecular weight is 231 g/mol. The first-order valence-corrected chi connectivity index (χ1v) is 6.03. The number of hydrogen-bond acceptors (Lipinski definition) is 3. The molecule has 1 atom stereocenters. The van der Waals surface area contributed by atoms with Crippen LogP contribution in [-0.4, -0.2) is 17.7 Å². The van der Waals surface area contributed by atoms with Gasteiger partial charge in [0.1, 0.15) is 11.6 Å². The van der Waals surface area contributed by atoms with E-state index < -0.39 is 0 Å². The van der Waals surface area contributed by atoms with Gasteiger partial charge in [0.15, 0.2) is 0 Å². The number of piperidine rings is 1. The zero-order valence-electron chi connectivity index (χ0n) is 10.1. The van der Waals surface area contributed by atoms with E-state index >= 15 is 0 Å². The van der Waals surface area contributed by atoms with Gasteiger partial charge in [0.2, 0.25) is 0 Å². The summed E-state index contributed by atoms with van der Waals surface area (Å²) in [6.45, 7) is 4.66. The number of nitriles is 1. The first kappa shape index (κ1) is 11.9. The van der Waals surface area contributed by atoms with Gasteiger partial charge in [0.05, 0.1) is 0 Å². The van der Waals surface area contributed by atoms with Crippen LogP contribution in [0.25, 0.3) is 0 Å². The van der Waals surface area contributed by atoms with Crippen molar-refractivity contribution in [2.24, 2.45) is 5.92 Å². The third kappa shape index (κ3) is 2.56. The summed E-state index contributed by atoms with van der Waals surface area (Å²) in [7, 11) is 0. The van der Waals surface area contributed by atoms with Gasteiger partial charge >= 0.3 is 0 Å². The van der Waals surface area contributed by atoms with Gasteiger partial charge in [-0.2, -0.15) is 5.26 Å². The highest BCUT2D eigenvalue weighted by Crippen LogP contribution is 2.12. The Labute approximate surface area is 101 Å². The lowest BCUT2D eigenvalue weighted by Crippen LogP contribution is -2.35. The smallest absolute Gasteiger partial charge is 0.268 e. The molecular weight excluding hydrogens is 214 g/mol. The molecular formula is C13H17N3O. The zero-order chi connectivity index (χ0) is 12.3. The van der Waals surface area contributed by atoms with E-state index in [2.05, 4.69) is 5.32 Å². The zero-order valence-corrected chi connectivity index (χ0v) is 10.1. The predicted octanol–water partition coefficient (Wildman–Crippen LogP) is 1.03. The predicted molar refractivity (Wildman–Crippen MR) is 65.7 cm³/mol. The molecule has 1 saturated heterocycles. The lowest BCUT2D eigenvalue weighted by Gasteiger charge is -2.24. The molecule has 1 fully saturated rings. The van der Waals surface area contributed by atoms with Gasteiger partial charge in [0.25, 0.3) is 5.56 Å². The van der Waals surface area contributed by atoms with E-state index in [4.69, 9.17) is 5.26 Å². The van der Waals surface area contributed by atoms with Gasteiger partial charge in [-0.3, -0.25) is 4.79 Å². The molecule has 0 radical (unpaired) electrons. The molecule has 1 aliphatic heterocycles. The molecule has 1 N–H and O–H groups in total. The van der Waals surface area contributed by atoms with Crippen molar-refractivity contribution in [1.29, 1.82) is 5.26 Å². The fourth-order valence-electron chi connectivity index (χ4n) is 2.32. The fraction of sp³-hybridized carbons (Fsp3) is 0.538. The number of hydrogen-bond donors (Lipinski definition) is 1. The van der Waals surface area contributed by atoms with Gasteiger partial charge in [-0.05, 0) is 50.9 Å². The molecule has 4 heteroatoms. The Hall–Kier alpha value is -1.60. The molecule has 1 aliphatic rings. The topological polar surface area (TPSA) is 57.8 Å². The number of nitrogens with one attached hydrogen (secondary N) is 1. The Morgan fingerprint density at radius 1 is 1.59 bits per heavy atom. The number of aryl methyl sites for hydroxylation is 1. The van der Waals surface area contributed by atoms with E-state index in [0.29, 0.717) is 12.5 Å². The Morgan fingerprint density at radius 3 is 3.06 bits per heavy atom. The maximum absolute atomic E-state index is 12.0. The summed E-state index contributed by atoms with van der Waals surface area (Å²) in [6, 6.07) is 5.40. The van der Waals surface area contributed by atoms with Gasteiger partial charge in [-0.25, -0.2) is 0 Å². The van der Waals surface area contributed by atoms with E-state index in [1.807, 2.05) is 19.1 Å². The van der Waals surface area contributed by atoms with Crippen LogP contribution in [0.5, 0.6) is 0 Å². The Kier molecular flexibility index (Phi) is 3.60. The quantitative estimate of drug-likeness (QED) is 0.827. The summed E-state index contributed by atoms with van der Waals surface area (Å²) in [5.41, 5.74) is 1.01. The molecule has 4 nitrogen and oxygen atoms in total. The second-order valence-corrected chi connectivity index (χ2v) is 4.63. The third-order valence-corrected chi connectivity index (χ3v) is 3.35. The van der Waals surface area contributed by atoms with Crippen LogP contribution < -0.4 is 10.9 Å². The van der Waals surface area contributed by atoms with Crippen LogP contribution in [0.15, 0.2) is 16.9 Å². The first-order chi connectivity index (χ1) is 8.22. The van der Waals surface area contributed by atoms with Crippen LogP contribution in [0.4, 0.5) is 0 Å². The normalized spacial score (nSPS) is 19.9. The first-order valence-electron chi connectivity index (χ1n) is 6.03. The van der Waals surface area contributed by atoms with Crippen LogP contribution in [0.3, 0.4) is 0 Å². The van der Waals surface area contributed by atoms with Gasteiger partial charge < -0.3 is 9.88 Å². The minimum atomic E-state index is -0.155. The summed E-state index contributed by atoms with van der Waals surface area (Å²) in [5.74, 6) is 0.495. The molecule has 0 aliphatic carbocycles. The molecule has 0 saturated carbocycles. The minimum absolute atomic E-state index is 0.155. The van der Waals surface area contributed by atoms with Crippen molar-refractivity contribution in [2.75, 3.05) is 13.1 Å². The van der Waals surface area contributed by atoms with E-state index in [-0.39, 0.29) is 11.1 Å². The summed E-state index contributed by atoms with van der Waals surface area (Å²) in [5, 5.41) is 12.2. The molecule has 0 aromatic carbocycles. The van der Waals surface area contributed by atoms with E-state index in [0.717, 1.165) is 31.6 Å². The number of nitrogens with zero attached hydrogens (tertiary/aromatic N) is 2. The van der Waals surface area contributed by atoms with Crippen molar-refractivity contribution in [3.05, 3.63) is 33.7 Å². The molecule has 2 rings (SSSR count). The van der Waals surface area contributed by atoms with Crippen molar-refractivity contribution in [1.82, 2.24) is 9.88 Å². The molecule has 0 bridgehead atoms. The van der Waals surface area contributed by atoms with Crippen LogP contribution in [-0.2, 0) is 6.54 Å². The van der Waals surface area contributed by atoms with Crippen LogP contribution in [0.1, 0.15) is 24.1 Å². The molecule has 1 aromatic rings. The summed E-state index contributed by atoms with van der Waals surface area (Å²) >= 11 is 0. The van der Waals surface area contributed by atoms with Crippen molar-refractivity contribution in [3.8, 4) is 6.07 Å². The highest BCUT2D eigenvalue weighted by molar-refractivity contribution is 5.27. The van der Waals surface area contributed by atoms with Crippen molar-refractivity contribution in [3.63, 3.8) is 0 Å². The van der Waals surface area contributed by atoms with Crippen molar-refractivity contribution >= 4 is 0 Å². The highest BCUT2D eigenvalue weighted by atomic mass is 16.1. The largest absolute Gasteiger partial charge is 0.316 e. The van der Waals surface area contributed by atoms with E-state index in [9.17, 15) is 4.79 Å². The monoisotopic (exact) mass is 231 g/mol. The van der Waals surface area contributed by atoms with Gasteiger partial charge in [0, 0.05) is 12.2 Å². The van der Waals surface area contributed by atoms with E-state index in [1.54, 1.807) is 10.6 Å². The molecule has 1 unspecified atom stereocenters. The SMILES string of the molecule is Cc1ccc(C#N)c(=O)n1CC1CCCNC1. The average Bonchev–Trinajstić information content (AvgIpc) is 2.36.